The molecule has 0 aromatic heterocycles. The van der Waals surface area contributed by atoms with Crippen molar-refractivity contribution in [3.05, 3.63) is 17.7 Å². The van der Waals surface area contributed by atoms with Crippen molar-refractivity contribution in [1.82, 2.24) is 10.6 Å². The standard InChI is InChI=1S/C16H22N2O4/c1-10-9-17-4-3-12(10)18-16(19)11-7-13(20-2)15-14(8-11)21-5-6-22-15/h7-8,10,12,17H,3-6,9H2,1-2H3,(H,18,19). The molecule has 0 spiro atoms. The molecule has 6 nitrogen and oxygen atoms in total. The lowest BCUT2D eigenvalue weighted by Gasteiger charge is -2.30. The lowest BCUT2D eigenvalue weighted by molar-refractivity contribution is 0.0912. The number of benzene rings is 1. The van der Waals surface area contributed by atoms with Crippen molar-refractivity contribution in [3.8, 4) is 17.2 Å². The van der Waals surface area contributed by atoms with Crippen LogP contribution in [0.5, 0.6) is 17.2 Å². The normalized spacial score (nSPS) is 23.7. The minimum absolute atomic E-state index is 0.103. The van der Waals surface area contributed by atoms with E-state index in [1.807, 2.05) is 0 Å². The van der Waals surface area contributed by atoms with Crippen molar-refractivity contribution < 1.29 is 19.0 Å². The molecule has 3 rings (SSSR count). The molecule has 1 amide bonds. The van der Waals surface area contributed by atoms with Gasteiger partial charge >= 0.3 is 0 Å². The van der Waals surface area contributed by atoms with Crippen LogP contribution in [0.3, 0.4) is 0 Å². The van der Waals surface area contributed by atoms with E-state index < -0.39 is 0 Å². The Balaban J connectivity index is 1.80. The topological polar surface area (TPSA) is 68.8 Å². The number of hydrogen-bond donors (Lipinski definition) is 2. The number of rotatable bonds is 3. The number of piperidine rings is 1. The van der Waals surface area contributed by atoms with Crippen molar-refractivity contribution in [1.29, 1.82) is 0 Å². The van der Waals surface area contributed by atoms with Crippen LogP contribution in [0.4, 0.5) is 0 Å². The predicted octanol–water partition coefficient (Wildman–Crippen LogP) is 1.19. The first-order valence-electron chi connectivity index (χ1n) is 7.68. The zero-order valence-electron chi connectivity index (χ0n) is 13.0. The molecule has 1 aromatic carbocycles. The summed E-state index contributed by atoms with van der Waals surface area (Å²) in [5.74, 6) is 1.97. The van der Waals surface area contributed by atoms with Crippen LogP contribution in [0, 0.1) is 5.92 Å². The van der Waals surface area contributed by atoms with Crippen LogP contribution in [0.15, 0.2) is 12.1 Å². The third-order valence-corrected chi connectivity index (χ3v) is 4.19. The Morgan fingerprint density at radius 2 is 2.18 bits per heavy atom. The highest BCUT2D eigenvalue weighted by Gasteiger charge is 2.25. The van der Waals surface area contributed by atoms with Gasteiger partial charge in [-0.05, 0) is 37.6 Å². The molecule has 1 fully saturated rings. The summed E-state index contributed by atoms with van der Waals surface area (Å²) in [7, 11) is 1.56. The van der Waals surface area contributed by atoms with Gasteiger partial charge in [-0.2, -0.15) is 0 Å². The van der Waals surface area contributed by atoms with Crippen LogP contribution in [0.2, 0.25) is 0 Å². The average molecular weight is 306 g/mol. The number of hydrogen-bond acceptors (Lipinski definition) is 5. The minimum Gasteiger partial charge on any atom is -0.493 e. The highest BCUT2D eigenvalue weighted by atomic mass is 16.6. The fraction of sp³-hybridized carbons (Fsp3) is 0.562. The first kappa shape index (κ1) is 15.0. The molecule has 2 unspecified atom stereocenters. The smallest absolute Gasteiger partial charge is 0.251 e. The number of amides is 1. The second-order valence-corrected chi connectivity index (χ2v) is 5.75. The van der Waals surface area contributed by atoms with Crippen LogP contribution >= 0.6 is 0 Å². The van der Waals surface area contributed by atoms with Crippen LogP contribution < -0.4 is 24.8 Å². The molecule has 2 N–H and O–H groups in total. The largest absolute Gasteiger partial charge is 0.493 e. The van der Waals surface area contributed by atoms with Crippen LogP contribution in [0.1, 0.15) is 23.7 Å². The van der Waals surface area contributed by atoms with Gasteiger partial charge in [0.1, 0.15) is 13.2 Å². The summed E-state index contributed by atoms with van der Waals surface area (Å²) in [5, 5.41) is 6.44. The maximum atomic E-state index is 12.5. The molecule has 1 aromatic rings. The third kappa shape index (κ3) is 2.97. The highest BCUT2D eigenvalue weighted by molar-refractivity contribution is 5.95. The van der Waals surface area contributed by atoms with Gasteiger partial charge in [0.2, 0.25) is 5.75 Å². The Kier molecular flexibility index (Phi) is 4.38. The summed E-state index contributed by atoms with van der Waals surface area (Å²) in [6.07, 6.45) is 0.939. The summed E-state index contributed by atoms with van der Waals surface area (Å²) >= 11 is 0. The molecule has 0 radical (unpaired) electrons. The summed E-state index contributed by atoms with van der Waals surface area (Å²) in [6.45, 7) is 4.96. The van der Waals surface area contributed by atoms with Crippen LogP contribution in [0.25, 0.3) is 0 Å². The minimum atomic E-state index is -0.103. The first-order chi connectivity index (χ1) is 10.7. The quantitative estimate of drug-likeness (QED) is 0.878. The summed E-state index contributed by atoms with van der Waals surface area (Å²) in [5.41, 5.74) is 0.534. The number of carbonyl (C=O) groups is 1. The SMILES string of the molecule is COc1cc(C(=O)NC2CCNCC2C)cc2c1OCCO2. The Bertz CT molecular complexity index is 544. The molecular formula is C16H22N2O4. The second-order valence-electron chi connectivity index (χ2n) is 5.75. The van der Waals surface area contributed by atoms with Crippen LogP contribution in [-0.2, 0) is 0 Å². The number of carbonyl (C=O) groups excluding carboxylic acids is 1. The number of methoxy groups -OCH3 is 1. The highest BCUT2D eigenvalue weighted by Crippen LogP contribution is 2.40. The van der Waals surface area contributed by atoms with Crippen molar-refractivity contribution in [2.24, 2.45) is 5.92 Å². The van der Waals surface area contributed by atoms with E-state index in [-0.39, 0.29) is 11.9 Å². The van der Waals surface area contributed by atoms with E-state index in [0.717, 1.165) is 19.5 Å². The van der Waals surface area contributed by atoms with E-state index in [9.17, 15) is 4.79 Å². The zero-order chi connectivity index (χ0) is 15.5. The molecule has 0 bridgehead atoms. The monoisotopic (exact) mass is 306 g/mol. The van der Waals surface area contributed by atoms with Gasteiger partial charge in [-0.1, -0.05) is 6.92 Å². The van der Waals surface area contributed by atoms with Gasteiger partial charge < -0.3 is 24.8 Å². The Hall–Kier alpha value is -1.95. The van der Waals surface area contributed by atoms with Gasteiger partial charge in [-0.3, -0.25) is 4.79 Å². The lowest BCUT2D eigenvalue weighted by Crippen LogP contribution is -2.48. The molecule has 2 atom stereocenters. The van der Waals surface area contributed by atoms with E-state index in [1.165, 1.54) is 0 Å². The molecule has 2 heterocycles. The first-order valence-corrected chi connectivity index (χ1v) is 7.68. The van der Waals surface area contributed by atoms with Crippen molar-refractivity contribution >= 4 is 5.91 Å². The molecule has 1 saturated heterocycles. The van der Waals surface area contributed by atoms with Gasteiger partial charge in [0.05, 0.1) is 7.11 Å². The van der Waals surface area contributed by atoms with E-state index >= 15 is 0 Å². The number of ether oxygens (including phenoxy) is 3. The fourth-order valence-corrected chi connectivity index (χ4v) is 2.88. The van der Waals surface area contributed by atoms with E-state index in [4.69, 9.17) is 14.2 Å². The zero-order valence-corrected chi connectivity index (χ0v) is 13.0. The summed E-state index contributed by atoms with van der Waals surface area (Å²) in [4.78, 5) is 12.5. The van der Waals surface area contributed by atoms with E-state index in [1.54, 1.807) is 19.2 Å². The molecule has 0 aliphatic carbocycles. The predicted molar refractivity (Wildman–Crippen MR) is 81.9 cm³/mol. The van der Waals surface area contributed by atoms with Crippen molar-refractivity contribution in [2.75, 3.05) is 33.4 Å². The lowest BCUT2D eigenvalue weighted by atomic mass is 9.95. The van der Waals surface area contributed by atoms with Crippen molar-refractivity contribution in [3.63, 3.8) is 0 Å². The van der Waals surface area contributed by atoms with E-state index in [0.29, 0.717) is 41.9 Å². The summed E-state index contributed by atoms with van der Waals surface area (Å²) in [6, 6.07) is 3.61. The fourth-order valence-electron chi connectivity index (χ4n) is 2.88. The molecular weight excluding hydrogens is 284 g/mol. The Morgan fingerprint density at radius 3 is 2.95 bits per heavy atom. The third-order valence-electron chi connectivity index (χ3n) is 4.19. The van der Waals surface area contributed by atoms with Gasteiger partial charge in [0.25, 0.3) is 5.91 Å². The summed E-state index contributed by atoms with van der Waals surface area (Å²) < 4.78 is 16.4. The molecule has 2 aliphatic rings. The molecule has 120 valence electrons. The molecule has 2 aliphatic heterocycles. The van der Waals surface area contributed by atoms with Gasteiger partial charge in [-0.15, -0.1) is 0 Å². The Labute approximate surface area is 130 Å². The molecule has 0 saturated carbocycles. The molecule has 22 heavy (non-hydrogen) atoms. The van der Waals surface area contributed by atoms with E-state index in [2.05, 4.69) is 17.6 Å². The number of nitrogens with one attached hydrogen (secondary N) is 2. The maximum Gasteiger partial charge on any atom is 0.251 e. The van der Waals surface area contributed by atoms with Crippen molar-refractivity contribution in [2.45, 2.75) is 19.4 Å². The molecule has 6 heteroatoms. The second kappa shape index (κ2) is 6.44. The van der Waals surface area contributed by atoms with Gasteiger partial charge in [0, 0.05) is 11.6 Å². The van der Waals surface area contributed by atoms with Crippen LogP contribution in [-0.4, -0.2) is 45.4 Å². The average Bonchev–Trinajstić information content (AvgIpc) is 2.55. The maximum absolute atomic E-state index is 12.5. The van der Waals surface area contributed by atoms with Gasteiger partial charge in [-0.25, -0.2) is 0 Å². The number of fused-ring (bicyclic) bond motifs is 1. The Morgan fingerprint density at radius 1 is 1.36 bits per heavy atom. The van der Waals surface area contributed by atoms with Gasteiger partial charge in [0.15, 0.2) is 11.5 Å².